The maximum Gasteiger partial charge on any atom is 0.263 e. The topological polar surface area (TPSA) is 80.6 Å². The van der Waals surface area contributed by atoms with Gasteiger partial charge in [-0.25, -0.2) is 0 Å². The van der Waals surface area contributed by atoms with Gasteiger partial charge in [0.05, 0.1) is 0 Å². The van der Waals surface area contributed by atoms with Crippen molar-refractivity contribution in [3.63, 3.8) is 0 Å². The Kier molecular flexibility index (Phi) is 7.05. The number of rotatable bonds is 6. The molecule has 0 aliphatic carbocycles. The summed E-state index contributed by atoms with van der Waals surface area (Å²) >= 11 is 5.88. The van der Waals surface area contributed by atoms with E-state index >= 15 is 0 Å². The van der Waals surface area contributed by atoms with Crippen molar-refractivity contribution in [2.24, 2.45) is 13.0 Å². The van der Waals surface area contributed by atoms with Gasteiger partial charge in [0, 0.05) is 37.9 Å². The molecule has 1 aliphatic rings. The molecule has 2 heterocycles. The zero-order valence-electron chi connectivity index (χ0n) is 18.1. The number of nitrogens with one attached hydrogen (secondary N) is 1. The lowest BCUT2D eigenvalue weighted by Gasteiger charge is -2.33. The van der Waals surface area contributed by atoms with E-state index in [-0.39, 0.29) is 28.9 Å². The molecule has 0 radical (unpaired) electrons. The van der Waals surface area contributed by atoms with Crippen molar-refractivity contribution >= 4 is 23.4 Å². The van der Waals surface area contributed by atoms with Crippen LogP contribution < -0.4 is 15.6 Å². The molecule has 0 atom stereocenters. The van der Waals surface area contributed by atoms with Crippen LogP contribution in [0.15, 0.2) is 47.4 Å². The first kappa shape index (κ1) is 22.9. The van der Waals surface area contributed by atoms with Gasteiger partial charge in [-0.3, -0.25) is 14.4 Å². The lowest BCUT2D eigenvalue weighted by atomic mass is 9.96. The smallest absolute Gasteiger partial charge is 0.263 e. The van der Waals surface area contributed by atoms with Crippen LogP contribution in [-0.4, -0.2) is 46.5 Å². The van der Waals surface area contributed by atoms with Gasteiger partial charge < -0.3 is 19.5 Å². The Morgan fingerprint density at radius 3 is 2.45 bits per heavy atom. The predicted molar refractivity (Wildman–Crippen MR) is 119 cm³/mol. The number of carbonyl (C=O) groups excluding carboxylic acids is 2. The van der Waals surface area contributed by atoms with Crippen molar-refractivity contribution in [1.82, 2.24) is 14.8 Å². The second-order valence-corrected chi connectivity index (χ2v) is 8.79. The fraction of sp³-hybridized carbons (Fsp3) is 0.435. The standard InChI is InChI=1S/C23H28ClN3O4/c1-23(2,31-18-8-6-17(24)7-9-18)22(30)25-15-16-10-13-27(14-11-16)21(29)19-5-4-12-26(3)20(19)28/h4-9,12,16H,10-11,13-15H2,1-3H3,(H,25,30). The third-order valence-corrected chi connectivity index (χ3v) is 5.79. The van der Waals surface area contributed by atoms with Gasteiger partial charge >= 0.3 is 0 Å². The van der Waals surface area contributed by atoms with Crippen molar-refractivity contribution in [2.75, 3.05) is 19.6 Å². The molecule has 0 unspecified atom stereocenters. The first-order valence-electron chi connectivity index (χ1n) is 10.3. The number of pyridine rings is 1. The maximum atomic E-state index is 12.7. The molecule has 7 nitrogen and oxygen atoms in total. The summed E-state index contributed by atoms with van der Waals surface area (Å²) in [5.74, 6) is 0.399. The van der Waals surface area contributed by atoms with Crippen LogP contribution in [0.3, 0.4) is 0 Å². The number of hydrogen-bond acceptors (Lipinski definition) is 4. The zero-order chi connectivity index (χ0) is 22.6. The molecule has 2 amide bonds. The molecule has 1 aliphatic heterocycles. The molecule has 0 saturated carbocycles. The van der Waals surface area contributed by atoms with Crippen molar-refractivity contribution in [2.45, 2.75) is 32.3 Å². The molecule has 3 rings (SSSR count). The molecular formula is C23H28ClN3O4. The summed E-state index contributed by atoms with van der Waals surface area (Å²) in [5, 5.41) is 3.57. The van der Waals surface area contributed by atoms with Crippen LogP contribution in [0.5, 0.6) is 5.75 Å². The highest BCUT2D eigenvalue weighted by Gasteiger charge is 2.31. The lowest BCUT2D eigenvalue weighted by Crippen LogP contribution is -2.49. The first-order chi connectivity index (χ1) is 14.7. The number of aryl methyl sites for hydroxylation is 1. The van der Waals surface area contributed by atoms with Gasteiger partial charge in [-0.1, -0.05) is 11.6 Å². The van der Waals surface area contributed by atoms with Crippen LogP contribution in [0.2, 0.25) is 5.02 Å². The fourth-order valence-electron chi connectivity index (χ4n) is 3.56. The molecule has 166 valence electrons. The van der Waals surface area contributed by atoms with E-state index in [1.54, 1.807) is 68.4 Å². The third kappa shape index (κ3) is 5.67. The number of nitrogens with zero attached hydrogens (tertiary/aromatic N) is 2. The van der Waals surface area contributed by atoms with Crippen molar-refractivity contribution < 1.29 is 14.3 Å². The average Bonchev–Trinajstić information content (AvgIpc) is 2.75. The number of piperidine rings is 1. The van der Waals surface area contributed by atoms with Gasteiger partial charge in [-0.05, 0) is 69.0 Å². The second-order valence-electron chi connectivity index (χ2n) is 8.35. The largest absolute Gasteiger partial charge is 0.478 e. The number of ether oxygens (including phenoxy) is 1. The Hall–Kier alpha value is -2.80. The molecule has 0 bridgehead atoms. The summed E-state index contributed by atoms with van der Waals surface area (Å²) in [6.45, 7) is 5.07. The van der Waals surface area contributed by atoms with E-state index in [1.807, 2.05) is 0 Å². The molecule has 1 N–H and O–H groups in total. The normalized spacial score (nSPS) is 14.9. The third-order valence-electron chi connectivity index (χ3n) is 5.54. The van der Waals surface area contributed by atoms with E-state index in [1.165, 1.54) is 4.57 Å². The van der Waals surface area contributed by atoms with E-state index in [0.717, 1.165) is 12.8 Å². The number of carbonyl (C=O) groups is 2. The Morgan fingerprint density at radius 1 is 1.16 bits per heavy atom. The van der Waals surface area contributed by atoms with Gasteiger partial charge in [0.2, 0.25) is 0 Å². The summed E-state index contributed by atoms with van der Waals surface area (Å²) in [4.78, 5) is 39.2. The molecular weight excluding hydrogens is 418 g/mol. The van der Waals surface area contributed by atoms with E-state index in [9.17, 15) is 14.4 Å². The highest BCUT2D eigenvalue weighted by Crippen LogP contribution is 2.22. The van der Waals surface area contributed by atoms with E-state index in [4.69, 9.17) is 16.3 Å². The number of hydrogen-bond donors (Lipinski definition) is 1. The first-order valence-corrected chi connectivity index (χ1v) is 10.7. The van der Waals surface area contributed by atoms with Crippen LogP contribution in [0.25, 0.3) is 0 Å². The number of halogens is 1. The minimum absolute atomic E-state index is 0.192. The minimum Gasteiger partial charge on any atom is -0.478 e. The van der Waals surface area contributed by atoms with Crippen LogP contribution in [0.1, 0.15) is 37.0 Å². The zero-order valence-corrected chi connectivity index (χ0v) is 18.8. The monoisotopic (exact) mass is 445 g/mol. The van der Waals surface area contributed by atoms with Crippen molar-refractivity contribution in [3.05, 3.63) is 63.5 Å². The minimum atomic E-state index is -1.03. The van der Waals surface area contributed by atoms with E-state index in [2.05, 4.69) is 5.32 Å². The summed E-state index contributed by atoms with van der Waals surface area (Å²) in [5.41, 5.74) is -1.12. The van der Waals surface area contributed by atoms with Crippen molar-refractivity contribution in [3.8, 4) is 5.75 Å². The van der Waals surface area contributed by atoms with Gasteiger partial charge in [-0.2, -0.15) is 0 Å². The molecule has 31 heavy (non-hydrogen) atoms. The van der Waals surface area contributed by atoms with Gasteiger partial charge in [0.25, 0.3) is 17.4 Å². The predicted octanol–water partition coefficient (Wildman–Crippen LogP) is 2.86. The molecule has 1 aromatic heterocycles. The molecule has 1 fully saturated rings. The SMILES string of the molecule is Cn1cccc(C(=O)N2CCC(CNC(=O)C(C)(C)Oc3ccc(Cl)cc3)CC2)c1=O. The second kappa shape index (κ2) is 9.56. The Labute approximate surface area is 187 Å². The van der Waals surface area contributed by atoms with Gasteiger partial charge in [-0.15, -0.1) is 0 Å². The highest BCUT2D eigenvalue weighted by atomic mass is 35.5. The molecule has 2 aromatic rings. The Morgan fingerprint density at radius 2 is 1.81 bits per heavy atom. The molecule has 0 spiro atoms. The Balaban J connectivity index is 1.49. The maximum absolute atomic E-state index is 12.7. The van der Waals surface area contributed by atoms with Crippen LogP contribution in [0, 0.1) is 5.92 Å². The lowest BCUT2D eigenvalue weighted by molar-refractivity contribution is -0.134. The summed E-state index contributed by atoms with van der Waals surface area (Å²) < 4.78 is 7.23. The van der Waals surface area contributed by atoms with Gasteiger partial charge in [0.1, 0.15) is 11.3 Å². The molecule has 1 aromatic carbocycles. The van der Waals surface area contributed by atoms with E-state index < -0.39 is 5.60 Å². The van der Waals surface area contributed by atoms with Crippen LogP contribution >= 0.6 is 11.6 Å². The molecule has 1 saturated heterocycles. The number of aromatic nitrogens is 1. The Bertz CT molecular complexity index is 993. The summed E-state index contributed by atoms with van der Waals surface area (Å²) in [7, 11) is 1.63. The van der Waals surface area contributed by atoms with Crippen molar-refractivity contribution in [1.29, 1.82) is 0 Å². The highest BCUT2D eigenvalue weighted by molar-refractivity contribution is 6.30. The number of amides is 2. The van der Waals surface area contributed by atoms with E-state index in [0.29, 0.717) is 30.4 Å². The quantitative estimate of drug-likeness (QED) is 0.741. The number of benzene rings is 1. The van der Waals surface area contributed by atoms with Crippen LogP contribution in [0.4, 0.5) is 0 Å². The summed E-state index contributed by atoms with van der Waals surface area (Å²) in [6.07, 6.45) is 3.15. The molecule has 8 heteroatoms. The van der Waals surface area contributed by atoms with Gasteiger partial charge in [0.15, 0.2) is 5.60 Å². The summed E-state index contributed by atoms with van der Waals surface area (Å²) in [6, 6.07) is 10.1. The van der Waals surface area contributed by atoms with Crippen LogP contribution in [-0.2, 0) is 11.8 Å². The number of likely N-dealkylation sites (tertiary alicyclic amines) is 1. The fourth-order valence-corrected chi connectivity index (χ4v) is 3.69. The average molecular weight is 446 g/mol.